The van der Waals surface area contributed by atoms with E-state index >= 15 is 0 Å². The molecule has 0 fully saturated rings. The Kier molecular flexibility index (Phi) is 6.16. The van der Waals surface area contributed by atoms with Crippen molar-refractivity contribution in [3.05, 3.63) is 64.2 Å². The van der Waals surface area contributed by atoms with E-state index in [4.69, 9.17) is 0 Å². The number of nitro groups is 1. The van der Waals surface area contributed by atoms with Gasteiger partial charge in [0.15, 0.2) is 0 Å². The summed E-state index contributed by atoms with van der Waals surface area (Å²) in [6.07, 6.45) is -3.81. The minimum atomic E-state index is -4.62. The number of hydrogen-bond acceptors (Lipinski definition) is 5. The summed E-state index contributed by atoms with van der Waals surface area (Å²) in [4.78, 5) is 22.7. The van der Waals surface area contributed by atoms with Crippen LogP contribution in [0.15, 0.2) is 48.5 Å². The highest BCUT2D eigenvalue weighted by atomic mass is 32.2. The number of amides is 1. The third-order valence-corrected chi connectivity index (χ3v) is 5.08. The molecule has 29 heavy (non-hydrogen) atoms. The average molecular weight is 431 g/mol. The van der Waals surface area contributed by atoms with Crippen molar-refractivity contribution >= 4 is 33.0 Å². The third-order valence-electron chi connectivity index (χ3n) is 3.84. The molecule has 8 nitrogen and oxygen atoms in total. The molecule has 0 saturated heterocycles. The second-order valence-corrected chi connectivity index (χ2v) is 7.94. The third kappa shape index (κ3) is 5.44. The first-order chi connectivity index (χ1) is 13.3. The molecule has 0 aliphatic carbocycles. The lowest BCUT2D eigenvalue weighted by atomic mass is 10.2. The van der Waals surface area contributed by atoms with Gasteiger partial charge in [-0.05, 0) is 31.2 Å². The summed E-state index contributed by atoms with van der Waals surface area (Å²) < 4.78 is 63.6. The van der Waals surface area contributed by atoms with Crippen LogP contribution in [0.2, 0.25) is 0 Å². The molecule has 1 atom stereocenters. The Morgan fingerprint density at radius 3 is 2.34 bits per heavy atom. The molecular weight excluding hydrogens is 415 g/mol. The quantitative estimate of drug-likeness (QED) is 0.557. The Bertz CT molecular complexity index is 1040. The molecule has 0 aromatic heterocycles. The minimum absolute atomic E-state index is 0.131. The van der Waals surface area contributed by atoms with Gasteiger partial charge in [0.2, 0.25) is 15.9 Å². The molecule has 0 unspecified atom stereocenters. The first-order valence-corrected chi connectivity index (χ1v) is 9.87. The molecule has 2 rings (SSSR count). The van der Waals surface area contributed by atoms with Gasteiger partial charge >= 0.3 is 6.18 Å². The predicted molar refractivity (Wildman–Crippen MR) is 100.0 cm³/mol. The number of sulfonamides is 1. The monoisotopic (exact) mass is 431 g/mol. The lowest BCUT2D eigenvalue weighted by Gasteiger charge is -2.28. The Morgan fingerprint density at radius 1 is 1.17 bits per heavy atom. The number of benzene rings is 2. The van der Waals surface area contributed by atoms with Crippen molar-refractivity contribution in [1.82, 2.24) is 0 Å². The molecule has 0 aliphatic heterocycles. The van der Waals surface area contributed by atoms with E-state index in [1.165, 1.54) is 25.1 Å². The van der Waals surface area contributed by atoms with E-state index in [9.17, 15) is 36.5 Å². The highest BCUT2D eigenvalue weighted by molar-refractivity contribution is 7.92. The van der Waals surface area contributed by atoms with Crippen molar-refractivity contribution in [1.29, 1.82) is 0 Å². The van der Waals surface area contributed by atoms with E-state index in [1.807, 2.05) is 0 Å². The standard InChI is InChI=1S/C17H16F3N3O5S/c1-11(16(24)21-13-6-3-5-12(9-13)17(18,19)20)22(29(2,27)28)14-7-4-8-15(10-14)23(25)26/h3-11H,1-2H3,(H,21,24)/t11-/m0/s1. The van der Waals surface area contributed by atoms with Crippen molar-refractivity contribution < 1.29 is 31.3 Å². The van der Waals surface area contributed by atoms with Crippen molar-refractivity contribution in [3.63, 3.8) is 0 Å². The summed E-state index contributed by atoms with van der Waals surface area (Å²) in [5, 5.41) is 13.2. The second kappa shape index (κ2) is 8.07. The molecule has 1 amide bonds. The van der Waals surface area contributed by atoms with Gasteiger partial charge in [-0.15, -0.1) is 0 Å². The number of halogens is 3. The van der Waals surface area contributed by atoms with Crippen LogP contribution < -0.4 is 9.62 Å². The van der Waals surface area contributed by atoms with Crippen molar-refractivity contribution in [3.8, 4) is 0 Å². The maximum Gasteiger partial charge on any atom is 0.416 e. The first kappa shape index (κ1) is 22.1. The number of anilines is 2. The topological polar surface area (TPSA) is 110 Å². The summed E-state index contributed by atoms with van der Waals surface area (Å²) in [6, 6.07) is 7.10. The van der Waals surface area contributed by atoms with Gasteiger partial charge in [-0.3, -0.25) is 19.2 Å². The maximum absolute atomic E-state index is 12.8. The number of carbonyl (C=O) groups is 1. The number of alkyl halides is 3. The van der Waals surface area contributed by atoms with Crippen molar-refractivity contribution in [2.75, 3.05) is 15.9 Å². The fraction of sp³-hybridized carbons (Fsp3) is 0.235. The molecule has 0 radical (unpaired) electrons. The molecule has 0 spiro atoms. The van der Waals surface area contributed by atoms with E-state index in [2.05, 4.69) is 5.32 Å². The minimum Gasteiger partial charge on any atom is -0.324 e. The van der Waals surface area contributed by atoms with Crippen molar-refractivity contribution in [2.45, 2.75) is 19.1 Å². The molecule has 2 aromatic rings. The van der Waals surface area contributed by atoms with Gasteiger partial charge in [-0.1, -0.05) is 12.1 Å². The highest BCUT2D eigenvalue weighted by Crippen LogP contribution is 2.31. The fourth-order valence-electron chi connectivity index (χ4n) is 2.57. The number of carbonyl (C=O) groups excluding carboxylic acids is 1. The zero-order valence-electron chi connectivity index (χ0n) is 15.2. The molecule has 0 aliphatic rings. The molecule has 0 heterocycles. The number of nitrogens with one attached hydrogen (secondary N) is 1. The van der Waals surface area contributed by atoms with Crippen LogP contribution in [0.5, 0.6) is 0 Å². The predicted octanol–water partition coefficient (Wildman–Crippen LogP) is 3.41. The van der Waals surface area contributed by atoms with Crippen LogP contribution >= 0.6 is 0 Å². The SMILES string of the molecule is C[C@@H](C(=O)Nc1cccc(C(F)(F)F)c1)N(c1cccc([N+](=O)[O-])c1)S(C)(=O)=O. The van der Waals surface area contributed by atoms with Crippen LogP contribution in [0.25, 0.3) is 0 Å². The number of non-ortho nitro benzene ring substituents is 1. The van der Waals surface area contributed by atoms with Gasteiger partial charge in [-0.25, -0.2) is 8.42 Å². The molecule has 156 valence electrons. The average Bonchev–Trinajstić information content (AvgIpc) is 2.60. The van der Waals surface area contributed by atoms with E-state index in [-0.39, 0.29) is 17.1 Å². The Balaban J connectivity index is 2.35. The van der Waals surface area contributed by atoms with E-state index < -0.39 is 38.6 Å². The van der Waals surface area contributed by atoms with Crippen LogP contribution in [0.4, 0.5) is 30.2 Å². The maximum atomic E-state index is 12.8. The lowest BCUT2D eigenvalue weighted by molar-refractivity contribution is -0.384. The Labute approximate surface area is 164 Å². The fourth-order valence-corrected chi connectivity index (χ4v) is 3.74. The van der Waals surface area contributed by atoms with Crippen LogP contribution in [0.1, 0.15) is 12.5 Å². The van der Waals surface area contributed by atoms with E-state index in [1.54, 1.807) is 0 Å². The Morgan fingerprint density at radius 2 is 1.79 bits per heavy atom. The van der Waals surface area contributed by atoms with Crippen molar-refractivity contribution in [2.24, 2.45) is 0 Å². The van der Waals surface area contributed by atoms with Crippen LogP contribution in [-0.2, 0) is 21.0 Å². The highest BCUT2D eigenvalue weighted by Gasteiger charge is 2.32. The smallest absolute Gasteiger partial charge is 0.324 e. The van der Waals surface area contributed by atoms with Gasteiger partial charge in [-0.2, -0.15) is 13.2 Å². The Hall–Kier alpha value is -3.15. The summed E-state index contributed by atoms with van der Waals surface area (Å²) in [6.45, 7) is 1.21. The van der Waals surface area contributed by atoms with Crippen LogP contribution in [0.3, 0.4) is 0 Å². The number of rotatable bonds is 6. The van der Waals surface area contributed by atoms with Gasteiger partial charge in [0.1, 0.15) is 6.04 Å². The van der Waals surface area contributed by atoms with Crippen LogP contribution in [-0.4, -0.2) is 31.5 Å². The summed E-state index contributed by atoms with van der Waals surface area (Å²) in [5.74, 6) is -0.916. The molecule has 0 bridgehead atoms. The summed E-state index contributed by atoms with van der Waals surface area (Å²) in [7, 11) is -4.06. The van der Waals surface area contributed by atoms with E-state index in [0.29, 0.717) is 10.4 Å². The van der Waals surface area contributed by atoms with Gasteiger partial charge in [0.05, 0.1) is 22.4 Å². The molecule has 12 heteroatoms. The molecular formula is C17H16F3N3O5S. The second-order valence-electron chi connectivity index (χ2n) is 6.08. The largest absolute Gasteiger partial charge is 0.416 e. The molecule has 2 aromatic carbocycles. The first-order valence-electron chi connectivity index (χ1n) is 8.02. The normalized spacial score (nSPS) is 12.9. The summed E-state index contributed by atoms with van der Waals surface area (Å²) >= 11 is 0. The molecule has 0 saturated carbocycles. The molecule has 1 N–H and O–H groups in total. The lowest BCUT2D eigenvalue weighted by Crippen LogP contribution is -2.45. The summed E-state index contributed by atoms with van der Waals surface area (Å²) in [5.41, 5.74) is -1.68. The number of nitrogens with zero attached hydrogens (tertiary/aromatic N) is 2. The van der Waals surface area contributed by atoms with Gasteiger partial charge < -0.3 is 5.32 Å². The zero-order valence-corrected chi connectivity index (χ0v) is 16.0. The van der Waals surface area contributed by atoms with Gasteiger partial charge in [0, 0.05) is 17.8 Å². The number of nitro benzene ring substituents is 1. The number of hydrogen-bond donors (Lipinski definition) is 1. The van der Waals surface area contributed by atoms with Crippen LogP contribution in [0, 0.1) is 10.1 Å². The van der Waals surface area contributed by atoms with E-state index in [0.717, 1.165) is 30.5 Å². The van der Waals surface area contributed by atoms with Gasteiger partial charge in [0.25, 0.3) is 5.69 Å². The zero-order chi connectivity index (χ0) is 22.0.